The van der Waals surface area contributed by atoms with Gasteiger partial charge in [-0.3, -0.25) is 4.79 Å². The van der Waals surface area contributed by atoms with Crippen molar-refractivity contribution in [1.29, 1.82) is 0 Å². The Labute approximate surface area is 165 Å². The van der Waals surface area contributed by atoms with Crippen molar-refractivity contribution in [2.45, 2.75) is 115 Å². The number of hydrogen-bond acceptors (Lipinski definition) is 3. The SMILES string of the molecule is CCC1CCC([Si](OC(=O)C(C)C[Si]OC(C)C)C2CCCCC2)CC1. The van der Waals surface area contributed by atoms with Gasteiger partial charge in [0, 0.05) is 6.10 Å². The minimum absolute atomic E-state index is 0.0253. The van der Waals surface area contributed by atoms with E-state index in [0.29, 0.717) is 20.8 Å². The van der Waals surface area contributed by atoms with Gasteiger partial charge in [0.25, 0.3) is 15.0 Å². The van der Waals surface area contributed by atoms with Crippen molar-refractivity contribution in [3.05, 3.63) is 0 Å². The molecule has 149 valence electrons. The normalized spacial score (nSPS) is 26.2. The molecule has 2 aliphatic rings. The van der Waals surface area contributed by atoms with Crippen molar-refractivity contribution < 1.29 is 13.6 Å². The quantitative estimate of drug-likeness (QED) is 0.454. The molecule has 26 heavy (non-hydrogen) atoms. The van der Waals surface area contributed by atoms with Crippen LogP contribution in [0.3, 0.4) is 0 Å². The summed E-state index contributed by atoms with van der Waals surface area (Å²) in [5.74, 6) is 0.939. The van der Waals surface area contributed by atoms with Gasteiger partial charge in [-0.25, -0.2) is 0 Å². The summed E-state index contributed by atoms with van der Waals surface area (Å²) in [6.07, 6.45) is 13.5. The van der Waals surface area contributed by atoms with Crippen LogP contribution < -0.4 is 0 Å². The van der Waals surface area contributed by atoms with Crippen molar-refractivity contribution >= 4 is 24.8 Å². The molecule has 3 nitrogen and oxygen atoms in total. The maximum Gasteiger partial charge on any atom is 0.295 e. The van der Waals surface area contributed by atoms with Crippen LogP contribution in [-0.2, 0) is 13.6 Å². The van der Waals surface area contributed by atoms with E-state index in [1.54, 1.807) is 0 Å². The second-order valence-corrected chi connectivity index (χ2v) is 12.3. The summed E-state index contributed by atoms with van der Waals surface area (Å²) in [7, 11) is -0.647. The maximum atomic E-state index is 12.8. The molecule has 0 heterocycles. The first kappa shape index (κ1) is 22.2. The van der Waals surface area contributed by atoms with Crippen LogP contribution in [0.15, 0.2) is 0 Å². The molecule has 0 aliphatic heterocycles. The fraction of sp³-hybridized carbons (Fsp3) is 0.952. The summed E-state index contributed by atoms with van der Waals surface area (Å²) >= 11 is 0. The average Bonchev–Trinajstić information content (AvgIpc) is 2.66. The van der Waals surface area contributed by atoms with Crippen LogP contribution in [-0.4, -0.2) is 30.9 Å². The summed E-state index contributed by atoms with van der Waals surface area (Å²) in [5, 5.41) is 0. The average molecular weight is 396 g/mol. The van der Waals surface area contributed by atoms with Gasteiger partial charge in [0.05, 0.1) is 5.92 Å². The van der Waals surface area contributed by atoms with E-state index < -0.39 is 9.04 Å². The zero-order valence-electron chi connectivity index (χ0n) is 17.4. The molecular formula is C21H39O3Si2. The van der Waals surface area contributed by atoms with E-state index in [2.05, 4.69) is 6.92 Å². The highest BCUT2D eigenvalue weighted by Gasteiger charge is 2.39. The fourth-order valence-corrected chi connectivity index (χ4v) is 8.54. The van der Waals surface area contributed by atoms with E-state index in [-0.39, 0.29) is 18.0 Å². The minimum atomic E-state index is -1.05. The topological polar surface area (TPSA) is 35.5 Å². The van der Waals surface area contributed by atoms with Gasteiger partial charge >= 0.3 is 0 Å². The second-order valence-electron chi connectivity index (χ2n) is 8.70. The Morgan fingerprint density at radius 2 is 1.62 bits per heavy atom. The molecule has 2 rings (SSSR count). The predicted molar refractivity (Wildman–Crippen MR) is 111 cm³/mol. The Morgan fingerprint density at radius 3 is 2.19 bits per heavy atom. The first-order valence-electron chi connectivity index (χ1n) is 11.0. The highest BCUT2D eigenvalue weighted by Crippen LogP contribution is 2.43. The third-order valence-electron chi connectivity index (χ3n) is 6.16. The number of carbonyl (C=O) groups is 1. The van der Waals surface area contributed by atoms with Gasteiger partial charge in [-0.2, -0.15) is 0 Å². The lowest BCUT2D eigenvalue weighted by Gasteiger charge is -2.37. The van der Waals surface area contributed by atoms with Gasteiger partial charge in [-0.15, -0.1) is 0 Å². The highest BCUT2D eigenvalue weighted by atomic mass is 28.3. The van der Waals surface area contributed by atoms with Gasteiger partial charge < -0.3 is 8.85 Å². The molecule has 0 N–H and O–H groups in total. The first-order valence-corrected chi connectivity index (χ1v) is 13.7. The van der Waals surface area contributed by atoms with Crippen LogP contribution >= 0.6 is 0 Å². The molecule has 1 atom stereocenters. The van der Waals surface area contributed by atoms with E-state index in [4.69, 9.17) is 8.85 Å². The molecule has 1 unspecified atom stereocenters. The predicted octanol–water partition coefficient (Wildman–Crippen LogP) is 5.92. The van der Waals surface area contributed by atoms with Gasteiger partial charge in [0.15, 0.2) is 0 Å². The van der Waals surface area contributed by atoms with E-state index in [1.807, 2.05) is 20.8 Å². The Balaban J connectivity index is 1.91. The van der Waals surface area contributed by atoms with E-state index in [0.717, 1.165) is 12.0 Å². The Hall–Kier alpha value is -0.136. The number of hydrogen-bond donors (Lipinski definition) is 0. The van der Waals surface area contributed by atoms with Gasteiger partial charge in [-0.1, -0.05) is 52.4 Å². The van der Waals surface area contributed by atoms with Crippen molar-refractivity contribution in [3.8, 4) is 0 Å². The smallest absolute Gasteiger partial charge is 0.295 e. The summed E-state index contributed by atoms with van der Waals surface area (Å²) in [6.45, 7) is 8.44. The Morgan fingerprint density at radius 1 is 1.00 bits per heavy atom. The molecule has 2 saturated carbocycles. The van der Waals surface area contributed by atoms with E-state index in [1.165, 1.54) is 64.2 Å². The molecule has 2 aliphatic carbocycles. The standard InChI is InChI=1S/C21H39O3Si2/c1-5-18-11-13-20(14-12-18)26(19-9-7-6-8-10-19)24-21(22)17(4)15-25-23-16(2)3/h16-20H,5-15H2,1-4H3. The summed E-state index contributed by atoms with van der Waals surface area (Å²) < 4.78 is 12.0. The summed E-state index contributed by atoms with van der Waals surface area (Å²) in [6, 6.07) is 0.805. The lowest BCUT2D eigenvalue weighted by Crippen LogP contribution is -2.37. The van der Waals surface area contributed by atoms with Crippen LogP contribution in [0.5, 0.6) is 0 Å². The Kier molecular flexibility index (Phi) is 9.93. The number of carbonyl (C=O) groups excluding carboxylic acids is 1. The van der Waals surface area contributed by atoms with Crippen LogP contribution in [0.4, 0.5) is 0 Å². The lowest BCUT2D eigenvalue weighted by atomic mass is 9.87. The van der Waals surface area contributed by atoms with Crippen LogP contribution in [0.25, 0.3) is 0 Å². The van der Waals surface area contributed by atoms with Crippen molar-refractivity contribution in [2.24, 2.45) is 11.8 Å². The molecule has 5 heteroatoms. The molecule has 3 radical (unpaired) electrons. The third-order valence-corrected chi connectivity index (χ3v) is 10.8. The molecule has 0 aromatic rings. The van der Waals surface area contributed by atoms with Gasteiger partial charge in [-0.05, 0) is 62.6 Å². The van der Waals surface area contributed by atoms with Crippen molar-refractivity contribution in [1.82, 2.24) is 0 Å². The first-order chi connectivity index (χ1) is 12.5. The van der Waals surface area contributed by atoms with Crippen LogP contribution in [0.1, 0.15) is 91.9 Å². The van der Waals surface area contributed by atoms with Crippen LogP contribution in [0, 0.1) is 11.8 Å². The highest BCUT2D eigenvalue weighted by molar-refractivity contribution is 6.57. The van der Waals surface area contributed by atoms with Crippen molar-refractivity contribution in [2.75, 3.05) is 0 Å². The fourth-order valence-electron chi connectivity index (χ4n) is 4.38. The lowest BCUT2D eigenvalue weighted by molar-refractivity contribution is -0.138. The van der Waals surface area contributed by atoms with Crippen LogP contribution in [0.2, 0.25) is 17.1 Å². The molecule has 0 aromatic carbocycles. The zero-order valence-corrected chi connectivity index (χ0v) is 19.4. The molecule has 0 aromatic heterocycles. The van der Waals surface area contributed by atoms with E-state index >= 15 is 0 Å². The summed E-state index contributed by atoms with van der Waals surface area (Å²) in [4.78, 5) is 12.8. The molecule has 2 fully saturated rings. The molecule has 0 amide bonds. The van der Waals surface area contributed by atoms with Crippen molar-refractivity contribution in [3.63, 3.8) is 0 Å². The van der Waals surface area contributed by atoms with Gasteiger partial charge in [0.2, 0.25) is 9.76 Å². The maximum absolute atomic E-state index is 12.8. The molecule has 0 spiro atoms. The summed E-state index contributed by atoms with van der Waals surface area (Å²) in [5.41, 5.74) is 1.39. The molecular weight excluding hydrogens is 356 g/mol. The Bertz CT molecular complexity index is 402. The zero-order chi connectivity index (χ0) is 18.9. The number of rotatable bonds is 9. The largest absolute Gasteiger partial charge is 0.517 e. The van der Waals surface area contributed by atoms with Gasteiger partial charge in [0.1, 0.15) is 0 Å². The molecule has 0 saturated heterocycles. The van der Waals surface area contributed by atoms with E-state index in [9.17, 15) is 4.79 Å². The monoisotopic (exact) mass is 395 g/mol. The second kappa shape index (κ2) is 11.6. The third kappa shape index (κ3) is 7.12. The molecule has 0 bridgehead atoms. The minimum Gasteiger partial charge on any atom is -0.517 e.